The second-order valence-electron chi connectivity index (χ2n) is 4.52. The first kappa shape index (κ1) is 14.0. The van der Waals surface area contributed by atoms with Gasteiger partial charge < -0.3 is 10.2 Å². The van der Waals surface area contributed by atoms with E-state index in [1.54, 1.807) is 24.1 Å². The number of carbonyl (C=O) groups excluding carboxylic acids is 1. The van der Waals surface area contributed by atoms with Gasteiger partial charge in [-0.2, -0.15) is 0 Å². The highest BCUT2D eigenvalue weighted by molar-refractivity contribution is 7.85. The normalized spacial score (nSPS) is 20.9. The number of hydrogen-bond acceptors (Lipinski definition) is 2. The molecule has 0 spiro atoms. The van der Waals surface area contributed by atoms with Crippen LogP contribution in [0.15, 0.2) is 29.2 Å². The molecule has 0 aliphatic carbocycles. The van der Waals surface area contributed by atoms with E-state index >= 15 is 0 Å². The van der Waals surface area contributed by atoms with E-state index in [1.165, 1.54) is 12.1 Å². The molecule has 1 aromatic carbocycles. The molecule has 4 nitrogen and oxygen atoms in total. The van der Waals surface area contributed by atoms with Crippen LogP contribution in [0.2, 0.25) is 0 Å². The Kier molecular flexibility index (Phi) is 4.52. The van der Waals surface area contributed by atoms with Crippen molar-refractivity contribution in [1.29, 1.82) is 0 Å². The van der Waals surface area contributed by atoms with E-state index in [0.29, 0.717) is 18.0 Å². The zero-order chi connectivity index (χ0) is 13.8. The van der Waals surface area contributed by atoms with Gasteiger partial charge in [-0.1, -0.05) is 0 Å². The lowest BCUT2D eigenvalue weighted by Crippen LogP contribution is -2.47. The van der Waals surface area contributed by atoms with E-state index in [-0.39, 0.29) is 17.1 Å². The Labute approximate surface area is 114 Å². The smallest absolute Gasteiger partial charge is 0.317 e. The first-order valence-corrected chi connectivity index (χ1v) is 7.46. The minimum Gasteiger partial charge on any atom is -0.341 e. The van der Waals surface area contributed by atoms with Crippen molar-refractivity contribution in [3.05, 3.63) is 30.1 Å². The fourth-order valence-corrected chi connectivity index (χ4v) is 3.70. The SMILES string of the molecule is CNC(=O)N1CCCC(S(=O)c2ccc(F)cc2)C1. The standard InChI is InChI=1S/C13H17FN2O2S/c1-15-13(17)16-8-2-3-12(9-16)19(18)11-6-4-10(14)5-7-11/h4-7,12H,2-3,8-9H2,1H3,(H,15,17). The Morgan fingerprint density at radius 3 is 2.74 bits per heavy atom. The van der Waals surface area contributed by atoms with Gasteiger partial charge in [0.25, 0.3) is 0 Å². The zero-order valence-corrected chi connectivity index (χ0v) is 11.6. The van der Waals surface area contributed by atoms with Crippen LogP contribution >= 0.6 is 0 Å². The molecular formula is C13H17FN2O2S. The van der Waals surface area contributed by atoms with Gasteiger partial charge in [0.1, 0.15) is 5.82 Å². The molecule has 1 fully saturated rings. The number of nitrogens with zero attached hydrogens (tertiary/aromatic N) is 1. The lowest BCUT2D eigenvalue weighted by atomic mass is 10.1. The number of carbonyl (C=O) groups is 1. The summed E-state index contributed by atoms with van der Waals surface area (Å²) in [6, 6.07) is 5.58. The minimum absolute atomic E-state index is 0.0866. The average Bonchev–Trinajstić information content (AvgIpc) is 2.46. The van der Waals surface area contributed by atoms with Crippen molar-refractivity contribution in [3.63, 3.8) is 0 Å². The highest BCUT2D eigenvalue weighted by Gasteiger charge is 2.27. The van der Waals surface area contributed by atoms with Gasteiger partial charge in [-0.05, 0) is 37.1 Å². The zero-order valence-electron chi connectivity index (χ0n) is 10.8. The van der Waals surface area contributed by atoms with E-state index < -0.39 is 10.8 Å². The fraction of sp³-hybridized carbons (Fsp3) is 0.462. The molecule has 1 aliphatic heterocycles. The van der Waals surface area contributed by atoms with Gasteiger partial charge in [0.15, 0.2) is 0 Å². The molecule has 2 atom stereocenters. The number of hydrogen-bond donors (Lipinski definition) is 1. The number of nitrogens with one attached hydrogen (secondary N) is 1. The molecule has 0 aromatic heterocycles. The van der Waals surface area contributed by atoms with Crippen molar-refractivity contribution in [3.8, 4) is 0 Å². The van der Waals surface area contributed by atoms with Gasteiger partial charge in [0.05, 0.1) is 16.0 Å². The van der Waals surface area contributed by atoms with Crippen molar-refractivity contribution in [1.82, 2.24) is 10.2 Å². The van der Waals surface area contributed by atoms with Gasteiger partial charge in [-0.3, -0.25) is 4.21 Å². The monoisotopic (exact) mass is 284 g/mol. The molecule has 1 N–H and O–H groups in total. The lowest BCUT2D eigenvalue weighted by Gasteiger charge is -2.31. The van der Waals surface area contributed by atoms with Crippen LogP contribution in [-0.4, -0.2) is 40.5 Å². The summed E-state index contributed by atoms with van der Waals surface area (Å²) in [5, 5.41) is 2.49. The predicted octanol–water partition coefficient (Wildman–Crippen LogP) is 1.74. The maximum absolute atomic E-state index is 12.8. The molecule has 2 unspecified atom stereocenters. The number of rotatable bonds is 2. The number of amides is 2. The van der Waals surface area contributed by atoms with Crippen LogP contribution < -0.4 is 5.32 Å². The summed E-state index contributed by atoms with van der Waals surface area (Å²) in [7, 11) is 0.381. The Morgan fingerprint density at radius 1 is 1.42 bits per heavy atom. The van der Waals surface area contributed by atoms with Crippen LogP contribution in [0.4, 0.5) is 9.18 Å². The first-order chi connectivity index (χ1) is 9.11. The summed E-state index contributed by atoms with van der Waals surface area (Å²) >= 11 is 0. The van der Waals surface area contributed by atoms with E-state index in [9.17, 15) is 13.4 Å². The second kappa shape index (κ2) is 6.14. The molecule has 2 rings (SSSR count). The molecule has 1 aromatic rings. The largest absolute Gasteiger partial charge is 0.341 e. The Hall–Kier alpha value is -1.43. The second-order valence-corrected chi connectivity index (χ2v) is 6.25. The number of piperidine rings is 1. The van der Waals surface area contributed by atoms with E-state index in [2.05, 4.69) is 5.32 Å². The molecular weight excluding hydrogens is 267 g/mol. The topological polar surface area (TPSA) is 49.4 Å². The average molecular weight is 284 g/mol. The third kappa shape index (κ3) is 3.32. The van der Waals surface area contributed by atoms with Crippen LogP contribution in [-0.2, 0) is 10.8 Å². The maximum Gasteiger partial charge on any atom is 0.317 e. The van der Waals surface area contributed by atoms with E-state index in [0.717, 1.165) is 12.8 Å². The van der Waals surface area contributed by atoms with Crippen molar-refractivity contribution >= 4 is 16.8 Å². The third-order valence-corrected chi connectivity index (χ3v) is 4.95. The van der Waals surface area contributed by atoms with Gasteiger partial charge in [0, 0.05) is 25.0 Å². The summed E-state index contributed by atoms with van der Waals surface area (Å²) in [4.78, 5) is 13.9. The lowest BCUT2D eigenvalue weighted by molar-refractivity contribution is 0.190. The maximum atomic E-state index is 12.8. The fourth-order valence-electron chi connectivity index (χ4n) is 2.22. The summed E-state index contributed by atoms with van der Waals surface area (Å²) in [5.41, 5.74) is 0. The number of likely N-dealkylation sites (tertiary alicyclic amines) is 1. The number of urea groups is 1. The third-order valence-electron chi connectivity index (χ3n) is 3.23. The predicted molar refractivity (Wildman–Crippen MR) is 71.9 cm³/mol. The van der Waals surface area contributed by atoms with Crippen molar-refractivity contribution in [2.75, 3.05) is 20.1 Å². The molecule has 0 saturated carbocycles. The highest BCUT2D eigenvalue weighted by Crippen LogP contribution is 2.20. The summed E-state index contributed by atoms with van der Waals surface area (Å²) in [6.07, 6.45) is 1.66. The molecule has 0 bridgehead atoms. The summed E-state index contributed by atoms with van der Waals surface area (Å²) in [6.45, 7) is 1.17. The van der Waals surface area contributed by atoms with Crippen LogP contribution in [0.1, 0.15) is 12.8 Å². The van der Waals surface area contributed by atoms with E-state index in [4.69, 9.17) is 0 Å². The van der Waals surface area contributed by atoms with Crippen molar-refractivity contribution < 1.29 is 13.4 Å². The molecule has 2 amide bonds. The Morgan fingerprint density at radius 2 is 2.11 bits per heavy atom. The summed E-state index contributed by atoms with van der Waals surface area (Å²) < 4.78 is 25.2. The van der Waals surface area contributed by atoms with Crippen LogP contribution in [0.5, 0.6) is 0 Å². The number of halogens is 1. The Bertz CT molecular complexity index is 478. The van der Waals surface area contributed by atoms with Crippen molar-refractivity contribution in [2.24, 2.45) is 0 Å². The Balaban J connectivity index is 2.06. The first-order valence-electron chi connectivity index (χ1n) is 6.24. The van der Waals surface area contributed by atoms with Crippen LogP contribution in [0.25, 0.3) is 0 Å². The highest BCUT2D eigenvalue weighted by atomic mass is 32.2. The molecule has 104 valence electrons. The molecule has 6 heteroatoms. The van der Waals surface area contributed by atoms with Gasteiger partial charge in [0.2, 0.25) is 0 Å². The quantitative estimate of drug-likeness (QED) is 0.899. The number of benzene rings is 1. The molecule has 1 saturated heterocycles. The van der Waals surface area contributed by atoms with Gasteiger partial charge in [-0.15, -0.1) is 0 Å². The minimum atomic E-state index is -1.21. The van der Waals surface area contributed by atoms with E-state index in [1.807, 2.05) is 0 Å². The van der Waals surface area contributed by atoms with Crippen molar-refractivity contribution in [2.45, 2.75) is 23.0 Å². The van der Waals surface area contributed by atoms with Crippen LogP contribution in [0, 0.1) is 5.82 Å². The van der Waals surface area contributed by atoms with Gasteiger partial charge in [-0.25, -0.2) is 9.18 Å². The molecule has 0 radical (unpaired) electrons. The van der Waals surface area contributed by atoms with Crippen LogP contribution in [0.3, 0.4) is 0 Å². The van der Waals surface area contributed by atoms with Gasteiger partial charge >= 0.3 is 6.03 Å². The molecule has 19 heavy (non-hydrogen) atoms. The molecule has 1 heterocycles. The molecule has 1 aliphatic rings. The summed E-state index contributed by atoms with van der Waals surface area (Å²) in [5.74, 6) is -0.337.